The summed E-state index contributed by atoms with van der Waals surface area (Å²) in [5.41, 5.74) is 2.57. The minimum atomic E-state index is -0.639. The number of rotatable bonds is 3. The molecule has 1 aliphatic heterocycles. The molecule has 1 N–H and O–H groups in total. The number of aryl methyl sites for hydroxylation is 2. The van der Waals surface area contributed by atoms with E-state index >= 15 is 0 Å². The number of hydrogen-bond acceptors (Lipinski definition) is 4. The molecular weight excluding hydrogens is 332 g/mol. The number of nitrogens with zero attached hydrogens (tertiary/aromatic N) is 1. The Hall–Kier alpha value is -2.63. The highest BCUT2D eigenvalue weighted by molar-refractivity contribution is 6.31. The van der Waals surface area contributed by atoms with Crippen LogP contribution >= 0.6 is 0 Å². The Bertz CT molecular complexity index is 791. The molecule has 0 aromatic heterocycles. The maximum Gasteiger partial charge on any atom is 0.331 e. The molecular formula is C20H24N2O4. The van der Waals surface area contributed by atoms with Gasteiger partial charge in [-0.15, -0.1) is 0 Å². The van der Waals surface area contributed by atoms with Crippen LogP contribution in [-0.4, -0.2) is 35.9 Å². The molecule has 1 aromatic rings. The number of carbonyl (C=O) groups excluding carboxylic acids is 3. The maximum absolute atomic E-state index is 12.9. The summed E-state index contributed by atoms with van der Waals surface area (Å²) in [6.45, 7) is 3.80. The topological polar surface area (TPSA) is 75.7 Å². The minimum absolute atomic E-state index is 0.00263. The van der Waals surface area contributed by atoms with Crippen LogP contribution in [-0.2, 0) is 9.59 Å². The van der Waals surface area contributed by atoms with Crippen molar-refractivity contribution < 1.29 is 19.1 Å². The van der Waals surface area contributed by atoms with Crippen LogP contribution in [0.1, 0.15) is 48.8 Å². The average Bonchev–Trinajstić information content (AvgIpc) is 2.61. The van der Waals surface area contributed by atoms with Crippen LogP contribution in [0.15, 0.2) is 17.7 Å². The van der Waals surface area contributed by atoms with E-state index in [1.807, 2.05) is 26.0 Å². The van der Waals surface area contributed by atoms with Crippen LogP contribution in [0.2, 0.25) is 0 Å². The zero-order valence-electron chi connectivity index (χ0n) is 15.4. The van der Waals surface area contributed by atoms with E-state index in [0.717, 1.165) is 54.5 Å². The van der Waals surface area contributed by atoms with E-state index in [0.29, 0.717) is 0 Å². The smallest absolute Gasteiger partial charge is 0.331 e. The maximum atomic E-state index is 12.9. The van der Waals surface area contributed by atoms with Gasteiger partial charge in [-0.1, -0.05) is 19.3 Å². The van der Waals surface area contributed by atoms with E-state index in [2.05, 4.69) is 5.32 Å². The molecule has 26 heavy (non-hydrogen) atoms. The summed E-state index contributed by atoms with van der Waals surface area (Å²) in [6, 6.07) is 3.01. The highest BCUT2D eigenvalue weighted by atomic mass is 16.5. The van der Waals surface area contributed by atoms with Gasteiger partial charge in [0.25, 0.3) is 11.8 Å². The Morgan fingerprint density at radius 3 is 2.42 bits per heavy atom. The van der Waals surface area contributed by atoms with Crippen molar-refractivity contribution in [3.05, 3.63) is 34.4 Å². The van der Waals surface area contributed by atoms with Gasteiger partial charge in [-0.25, -0.2) is 4.79 Å². The average molecular weight is 356 g/mol. The summed E-state index contributed by atoms with van der Waals surface area (Å²) >= 11 is 0. The summed E-state index contributed by atoms with van der Waals surface area (Å²) in [7, 11) is 1.60. The van der Waals surface area contributed by atoms with E-state index in [-0.39, 0.29) is 11.6 Å². The fraction of sp³-hybridized carbons (Fsp3) is 0.450. The molecule has 6 nitrogen and oxygen atoms in total. The first-order valence-electron chi connectivity index (χ1n) is 8.98. The summed E-state index contributed by atoms with van der Waals surface area (Å²) in [4.78, 5) is 38.7. The molecule has 0 radical (unpaired) electrons. The van der Waals surface area contributed by atoms with Crippen molar-refractivity contribution in [3.63, 3.8) is 0 Å². The number of carbonyl (C=O) groups is 3. The van der Waals surface area contributed by atoms with Crippen molar-refractivity contribution in [2.24, 2.45) is 0 Å². The molecule has 6 heteroatoms. The third-order valence-electron chi connectivity index (χ3n) is 5.16. The number of barbiturate groups is 1. The molecule has 0 bridgehead atoms. The molecule has 2 fully saturated rings. The zero-order chi connectivity index (χ0) is 18.8. The van der Waals surface area contributed by atoms with Crippen LogP contribution in [0.3, 0.4) is 0 Å². The predicted molar refractivity (Wildman–Crippen MR) is 97.7 cm³/mol. The molecule has 2 aliphatic rings. The lowest BCUT2D eigenvalue weighted by Gasteiger charge is -2.35. The summed E-state index contributed by atoms with van der Waals surface area (Å²) in [5, 5.41) is 2.32. The fourth-order valence-corrected chi connectivity index (χ4v) is 3.68. The molecule has 1 saturated heterocycles. The van der Waals surface area contributed by atoms with Crippen LogP contribution in [0, 0.1) is 13.8 Å². The Kier molecular flexibility index (Phi) is 5.11. The van der Waals surface area contributed by atoms with Crippen molar-refractivity contribution in [3.8, 4) is 5.75 Å². The fourth-order valence-electron chi connectivity index (χ4n) is 3.68. The third kappa shape index (κ3) is 3.36. The van der Waals surface area contributed by atoms with E-state index in [4.69, 9.17) is 4.74 Å². The monoisotopic (exact) mass is 356 g/mol. The molecule has 0 atom stereocenters. The van der Waals surface area contributed by atoms with Gasteiger partial charge in [-0.05, 0) is 61.6 Å². The summed E-state index contributed by atoms with van der Waals surface area (Å²) in [5.74, 6) is -0.387. The van der Waals surface area contributed by atoms with Gasteiger partial charge in [0, 0.05) is 6.04 Å². The molecule has 0 spiro atoms. The van der Waals surface area contributed by atoms with Crippen molar-refractivity contribution in [2.45, 2.75) is 52.0 Å². The first-order valence-corrected chi connectivity index (χ1v) is 8.98. The molecule has 1 aliphatic carbocycles. The molecule has 0 unspecified atom stereocenters. The van der Waals surface area contributed by atoms with Gasteiger partial charge in [0.1, 0.15) is 11.3 Å². The van der Waals surface area contributed by atoms with Crippen LogP contribution < -0.4 is 10.1 Å². The van der Waals surface area contributed by atoms with Crippen molar-refractivity contribution >= 4 is 23.9 Å². The van der Waals surface area contributed by atoms with Gasteiger partial charge in [-0.3, -0.25) is 19.8 Å². The van der Waals surface area contributed by atoms with Gasteiger partial charge >= 0.3 is 6.03 Å². The molecule has 3 rings (SSSR count). The first kappa shape index (κ1) is 18.2. The highest BCUT2D eigenvalue weighted by Crippen LogP contribution is 2.28. The summed E-state index contributed by atoms with van der Waals surface area (Å²) in [6.07, 6.45) is 6.26. The third-order valence-corrected chi connectivity index (χ3v) is 5.16. The second kappa shape index (κ2) is 7.32. The quantitative estimate of drug-likeness (QED) is 0.667. The number of urea groups is 1. The molecule has 1 heterocycles. The number of benzene rings is 1. The number of imide groups is 2. The zero-order valence-corrected chi connectivity index (χ0v) is 15.4. The number of ether oxygens (including phenoxy) is 1. The van der Waals surface area contributed by atoms with Gasteiger partial charge in [0.05, 0.1) is 7.11 Å². The molecule has 138 valence electrons. The molecule has 1 saturated carbocycles. The number of nitrogens with one attached hydrogen (secondary N) is 1. The van der Waals surface area contributed by atoms with E-state index in [1.54, 1.807) is 13.2 Å². The van der Waals surface area contributed by atoms with Crippen LogP contribution in [0.5, 0.6) is 5.75 Å². The number of methoxy groups -OCH3 is 1. The molecule has 4 amide bonds. The second-order valence-corrected chi connectivity index (χ2v) is 6.96. The lowest BCUT2D eigenvalue weighted by Crippen LogP contribution is -2.58. The second-order valence-electron chi connectivity index (χ2n) is 6.96. The van der Waals surface area contributed by atoms with E-state index in [9.17, 15) is 14.4 Å². The van der Waals surface area contributed by atoms with Crippen LogP contribution in [0.25, 0.3) is 6.08 Å². The van der Waals surface area contributed by atoms with Crippen molar-refractivity contribution in [1.82, 2.24) is 10.2 Å². The Balaban J connectivity index is 1.96. The first-order chi connectivity index (χ1) is 12.4. The van der Waals surface area contributed by atoms with Gasteiger partial charge < -0.3 is 4.74 Å². The normalized spacial score (nSPS) is 20.5. The van der Waals surface area contributed by atoms with E-state index in [1.165, 1.54) is 4.90 Å². The van der Waals surface area contributed by atoms with Gasteiger partial charge in [0.2, 0.25) is 0 Å². The summed E-state index contributed by atoms with van der Waals surface area (Å²) < 4.78 is 5.30. The lowest BCUT2D eigenvalue weighted by molar-refractivity contribution is -0.132. The van der Waals surface area contributed by atoms with Crippen LogP contribution in [0.4, 0.5) is 4.79 Å². The standard InChI is InChI=1S/C20H24N2O4/c1-12-10-17(26-3)13(2)9-14(12)11-16-18(23)21-20(25)22(19(16)24)15-7-5-4-6-8-15/h9-11,15H,4-8H2,1-3H3,(H,21,23,25)/b16-11+. The number of amides is 4. The molecule has 1 aromatic carbocycles. The van der Waals surface area contributed by atoms with Gasteiger partial charge in [0.15, 0.2) is 0 Å². The number of hydrogen-bond donors (Lipinski definition) is 1. The predicted octanol–water partition coefficient (Wildman–Crippen LogP) is 3.11. The lowest BCUT2D eigenvalue weighted by atomic mass is 9.93. The van der Waals surface area contributed by atoms with Gasteiger partial charge in [-0.2, -0.15) is 0 Å². The van der Waals surface area contributed by atoms with Crippen molar-refractivity contribution in [2.75, 3.05) is 7.11 Å². The van der Waals surface area contributed by atoms with E-state index < -0.39 is 17.8 Å². The van der Waals surface area contributed by atoms with Crippen molar-refractivity contribution in [1.29, 1.82) is 0 Å². The highest BCUT2D eigenvalue weighted by Gasteiger charge is 2.40. The Morgan fingerprint density at radius 2 is 1.77 bits per heavy atom. The largest absolute Gasteiger partial charge is 0.496 e. The minimum Gasteiger partial charge on any atom is -0.496 e. The Labute approximate surface area is 153 Å². The Morgan fingerprint density at radius 1 is 1.08 bits per heavy atom. The SMILES string of the molecule is COc1cc(C)c(/C=C2\C(=O)NC(=O)N(C3CCCCC3)C2=O)cc1C.